The summed E-state index contributed by atoms with van der Waals surface area (Å²) in [5, 5.41) is 5.83. The maximum atomic E-state index is 12.2. The Balaban J connectivity index is 1.53. The van der Waals surface area contributed by atoms with Crippen molar-refractivity contribution in [1.82, 2.24) is 19.9 Å². The number of aryl methyl sites for hydroxylation is 1. The number of aromatic nitrogens is 2. The van der Waals surface area contributed by atoms with E-state index in [4.69, 9.17) is 4.52 Å². The first-order valence-electron chi connectivity index (χ1n) is 6.57. The minimum atomic E-state index is 0.134. The van der Waals surface area contributed by atoms with Crippen LogP contribution in [0.1, 0.15) is 21.4 Å². The lowest BCUT2D eigenvalue weighted by molar-refractivity contribution is 0.0629. The molecule has 7 heteroatoms. The molecule has 0 saturated carbocycles. The Morgan fingerprint density at radius 3 is 2.80 bits per heavy atom. The number of hydrogen-bond acceptors (Lipinski definition) is 6. The number of hydrogen-bond donors (Lipinski definition) is 0. The third-order valence-corrected chi connectivity index (χ3v) is 4.18. The zero-order chi connectivity index (χ0) is 13.9. The number of nitrogens with zero attached hydrogens (tertiary/aromatic N) is 4. The fraction of sp³-hybridized carbons (Fsp3) is 0.462. The first-order valence-corrected chi connectivity index (χ1v) is 7.44. The van der Waals surface area contributed by atoms with Crippen molar-refractivity contribution < 1.29 is 9.32 Å². The number of thiophene rings is 1. The van der Waals surface area contributed by atoms with Gasteiger partial charge >= 0.3 is 0 Å². The topological polar surface area (TPSA) is 62.5 Å². The molecule has 0 spiro atoms. The van der Waals surface area contributed by atoms with Crippen LogP contribution in [0.25, 0.3) is 0 Å². The standard InChI is InChI=1S/C13H16N4O2S/c1-10-14-12(15-19-10)9-16-4-6-17(7-5-16)13(18)11-3-2-8-20-11/h2-3,8H,4-7,9H2,1H3. The van der Waals surface area contributed by atoms with Crippen molar-refractivity contribution in [1.29, 1.82) is 0 Å². The second-order valence-corrected chi connectivity index (χ2v) is 5.72. The molecule has 1 saturated heterocycles. The summed E-state index contributed by atoms with van der Waals surface area (Å²) in [7, 11) is 0. The molecule has 2 aromatic heterocycles. The molecule has 0 bridgehead atoms. The van der Waals surface area contributed by atoms with Crippen LogP contribution in [0.4, 0.5) is 0 Å². The SMILES string of the molecule is Cc1nc(CN2CCN(C(=O)c3cccs3)CC2)no1. The Hall–Kier alpha value is -1.73. The first kappa shape index (κ1) is 13.3. The van der Waals surface area contributed by atoms with Crippen molar-refractivity contribution in [2.24, 2.45) is 0 Å². The molecule has 0 aliphatic carbocycles. The number of amides is 1. The normalized spacial score (nSPS) is 16.6. The number of carbonyl (C=O) groups excluding carboxylic acids is 1. The van der Waals surface area contributed by atoms with E-state index in [0.717, 1.165) is 31.1 Å². The zero-order valence-corrected chi connectivity index (χ0v) is 12.1. The quantitative estimate of drug-likeness (QED) is 0.855. The van der Waals surface area contributed by atoms with E-state index in [1.165, 1.54) is 11.3 Å². The van der Waals surface area contributed by atoms with Crippen LogP contribution in [-0.4, -0.2) is 52.0 Å². The van der Waals surface area contributed by atoms with Crippen molar-refractivity contribution in [2.75, 3.05) is 26.2 Å². The van der Waals surface area contributed by atoms with Crippen LogP contribution in [0, 0.1) is 6.92 Å². The van der Waals surface area contributed by atoms with Crippen LogP contribution in [0.5, 0.6) is 0 Å². The number of carbonyl (C=O) groups is 1. The van der Waals surface area contributed by atoms with Crippen LogP contribution in [0.3, 0.4) is 0 Å². The van der Waals surface area contributed by atoms with E-state index in [1.807, 2.05) is 22.4 Å². The van der Waals surface area contributed by atoms with E-state index in [0.29, 0.717) is 18.3 Å². The van der Waals surface area contributed by atoms with Gasteiger partial charge in [-0.3, -0.25) is 9.69 Å². The summed E-state index contributed by atoms with van der Waals surface area (Å²) in [6.07, 6.45) is 0. The Morgan fingerprint density at radius 2 is 2.20 bits per heavy atom. The van der Waals surface area contributed by atoms with Crippen LogP contribution in [-0.2, 0) is 6.54 Å². The summed E-state index contributed by atoms with van der Waals surface area (Å²) < 4.78 is 4.96. The molecule has 1 fully saturated rings. The summed E-state index contributed by atoms with van der Waals surface area (Å²) >= 11 is 1.49. The molecule has 3 heterocycles. The molecule has 2 aromatic rings. The monoisotopic (exact) mass is 292 g/mol. The highest BCUT2D eigenvalue weighted by molar-refractivity contribution is 7.12. The minimum absolute atomic E-state index is 0.134. The van der Waals surface area contributed by atoms with Gasteiger partial charge in [-0.2, -0.15) is 4.98 Å². The molecule has 20 heavy (non-hydrogen) atoms. The Kier molecular flexibility index (Phi) is 3.79. The molecule has 1 aliphatic heterocycles. The molecule has 0 atom stereocenters. The van der Waals surface area contributed by atoms with Gasteiger partial charge in [-0.15, -0.1) is 11.3 Å². The maximum absolute atomic E-state index is 12.2. The molecule has 0 radical (unpaired) electrons. The first-order chi connectivity index (χ1) is 9.72. The van der Waals surface area contributed by atoms with Gasteiger partial charge in [-0.05, 0) is 11.4 Å². The van der Waals surface area contributed by atoms with Crippen LogP contribution in [0.15, 0.2) is 22.0 Å². The molecule has 0 unspecified atom stereocenters. The average Bonchev–Trinajstić information content (AvgIpc) is 3.11. The molecule has 0 aromatic carbocycles. The largest absolute Gasteiger partial charge is 0.340 e. The molecular weight excluding hydrogens is 276 g/mol. The van der Waals surface area contributed by atoms with Crippen molar-refractivity contribution in [3.8, 4) is 0 Å². The smallest absolute Gasteiger partial charge is 0.264 e. The van der Waals surface area contributed by atoms with Crippen molar-refractivity contribution >= 4 is 17.2 Å². The second-order valence-electron chi connectivity index (χ2n) is 4.78. The Morgan fingerprint density at radius 1 is 1.40 bits per heavy atom. The molecule has 106 valence electrons. The van der Waals surface area contributed by atoms with E-state index in [9.17, 15) is 4.79 Å². The molecule has 6 nitrogen and oxygen atoms in total. The van der Waals surface area contributed by atoms with Crippen LogP contribution in [0.2, 0.25) is 0 Å². The van der Waals surface area contributed by atoms with Crippen molar-refractivity contribution in [3.05, 3.63) is 34.1 Å². The number of rotatable bonds is 3. The Labute approximate surface area is 121 Å². The van der Waals surface area contributed by atoms with Gasteiger partial charge in [0.25, 0.3) is 5.91 Å². The zero-order valence-electron chi connectivity index (χ0n) is 11.3. The average molecular weight is 292 g/mol. The molecular formula is C13H16N4O2S. The maximum Gasteiger partial charge on any atom is 0.264 e. The minimum Gasteiger partial charge on any atom is -0.340 e. The van der Waals surface area contributed by atoms with Gasteiger partial charge in [0.1, 0.15) is 0 Å². The highest BCUT2D eigenvalue weighted by Gasteiger charge is 2.23. The predicted molar refractivity (Wildman–Crippen MR) is 74.5 cm³/mol. The third kappa shape index (κ3) is 2.88. The lowest BCUT2D eigenvalue weighted by Crippen LogP contribution is -2.48. The highest BCUT2D eigenvalue weighted by Crippen LogP contribution is 2.14. The third-order valence-electron chi connectivity index (χ3n) is 3.33. The fourth-order valence-corrected chi connectivity index (χ4v) is 2.96. The molecule has 1 amide bonds. The van der Waals surface area contributed by atoms with E-state index >= 15 is 0 Å². The summed E-state index contributed by atoms with van der Waals surface area (Å²) in [6.45, 7) is 5.63. The molecule has 1 aliphatic rings. The van der Waals surface area contributed by atoms with Gasteiger partial charge in [0.05, 0.1) is 11.4 Å². The van der Waals surface area contributed by atoms with Gasteiger partial charge in [-0.1, -0.05) is 11.2 Å². The fourth-order valence-electron chi connectivity index (χ4n) is 2.27. The van der Waals surface area contributed by atoms with E-state index in [-0.39, 0.29) is 5.91 Å². The van der Waals surface area contributed by atoms with Gasteiger partial charge in [0.2, 0.25) is 5.89 Å². The van der Waals surface area contributed by atoms with Gasteiger partial charge in [0, 0.05) is 33.1 Å². The second kappa shape index (κ2) is 5.72. The van der Waals surface area contributed by atoms with E-state index in [1.54, 1.807) is 6.92 Å². The van der Waals surface area contributed by atoms with Gasteiger partial charge in [-0.25, -0.2) is 0 Å². The van der Waals surface area contributed by atoms with Crippen molar-refractivity contribution in [3.63, 3.8) is 0 Å². The lowest BCUT2D eigenvalue weighted by Gasteiger charge is -2.33. The van der Waals surface area contributed by atoms with Crippen LogP contribution < -0.4 is 0 Å². The summed E-state index contributed by atoms with van der Waals surface area (Å²) in [5.41, 5.74) is 0. The summed E-state index contributed by atoms with van der Waals surface area (Å²) in [5.74, 6) is 1.43. The summed E-state index contributed by atoms with van der Waals surface area (Å²) in [4.78, 5) is 21.4. The predicted octanol–water partition coefficient (Wildman–Crippen LogP) is 1.40. The van der Waals surface area contributed by atoms with E-state index in [2.05, 4.69) is 15.0 Å². The van der Waals surface area contributed by atoms with Gasteiger partial charge in [0.15, 0.2) is 5.82 Å². The molecule has 0 N–H and O–H groups in total. The summed E-state index contributed by atoms with van der Waals surface area (Å²) in [6, 6.07) is 3.79. The highest BCUT2D eigenvalue weighted by atomic mass is 32.1. The Bertz CT molecular complexity index is 573. The van der Waals surface area contributed by atoms with Gasteiger partial charge < -0.3 is 9.42 Å². The number of piperazine rings is 1. The van der Waals surface area contributed by atoms with E-state index < -0.39 is 0 Å². The molecule has 3 rings (SSSR count). The van der Waals surface area contributed by atoms with Crippen molar-refractivity contribution in [2.45, 2.75) is 13.5 Å². The lowest BCUT2D eigenvalue weighted by atomic mass is 10.3. The van der Waals surface area contributed by atoms with Crippen LogP contribution >= 0.6 is 11.3 Å².